The van der Waals surface area contributed by atoms with E-state index in [2.05, 4.69) is 6.92 Å². The van der Waals surface area contributed by atoms with Crippen molar-refractivity contribution >= 4 is 0 Å². The summed E-state index contributed by atoms with van der Waals surface area (Å²) < 4.78 is 0. The highest BCUT2D eigenvalue weighted by molar-refractivity contribution is 4.74. The van der Waals surface area contributed by atoms with Crippen molar-refractivity contribution in [3.05, 3.63) is 0 Å². The van der Waals surface area contributed by atoms with Gasteiger partial charge in [0.2, 0.25) is 0 Å². The minimum absolute atomic E-state index is 0.417. The van der Waals surface area contributed by atoms with Gasteiger partial charge in [-0.05, 0) is 24.7 Å². The Morgan fingerprint density at radius 3 is 2.50 bits per heavy atom. The van der Waals surface area contributed by atoms with Gasteiger partial charge in [0.25, 0.3) is 0 Å². The second-order valence-electron chi connectivity index (χ2n) is 3.52. The van der Waals surface area contributed by atoms with Crippen LogP contribution in [0.5, 0.6) is 0 Å². The molecule has 0 unspecified atom stereocenters. The molecule has 2 atom stereocenters. The Kier molecular flexibility index (Phi) is 3.20. The largest absolute Gasteiger partial charge is 0.396 e. The van der Waals surface area contributed by atoms with E-state index in [4.69, 9.17) is 5.11 Å². The van der Waals surface area contributed by atoms with Gasteiger partial charge in [-0.2, -0.15) is 0 Å². The van der Waals surface area contributed by atoms with Crippen LogP contribution in [0.15, 0.2) is 0 Å². The standard InChI is InChI=1S/C9H18O/c1-2-3-8-4-5-9(6-8)7-10/h8-10H,2-7H2,1H3/t8-,9+/m0/s1. The fourth-order valence-corrected chi connectivity index (χ4v) is 2.01. The lowest BCUT2D eigenvalue weighted by Gasteiger charge is -2.06. The SMILES string of the molecule is CCC[C@H]1CC[C@@H](CO)C1. The van der Waals surface area contributed by atoms with Crippen molar-refractivity contribution in [1.82, 2.24) is 0 Å². The molecule has 1 saturated carbocycles. The Morgan fingerprint density at radius 2 is 2.00 bits per heavy atom. The molecule has 1 aliphatic rings. The summed E-state index contributed by atoms with van der Waals surface area (Å²) in [6.07, 6.45) is 6.59. The number of hydrogen-bond donors (Lipinski definition) is 1. The van der Waals surface area contributed by atoms with Gasteiger partial charge in [-0.3, -0.25) is 0 Å². The number of aliphatic hydroxyl groups is 1. The average molecular weight is 142 g/mol. The van der Waals surface area contributed by atoms with Crippen molar-refractivity contribution in [3.8, 4) is 0 Å². The highest BCUT2D eigenvalue weighted by Crippen LogP contribution is 2.33. The lowest BCUT2D eigenvalue weighted by Crippen LogP contribution is -2.00. The first-order valence-corrected chi connectivity index (χ1v) is 4.47. The van der Waals surface area contributed by atoms with Crippen LogP contribution in [0.3, 0.4) is 0 Å². The molecule has 0 aromatic heterocycles. The third-order valence-electron chi connectivity index (χ3n) is 2.60. The lowest BCUT2D eigenvalue weighted by atomic mass is 10.0. The van der Waals surface area contributed by atoms with Gasteiger partial charge in [-0.1, -0.05) is 26.2 Å². The van der Waals surface area contributed by atoms with Crippen molar-refractivity contribution in [2.45, 2.75) is 39.0 Å². The molecule has 1 heteroatoms. The molecule has 0 radical (unpaired) electrons. The molecule has 0 bridgehead atoms. The minimum Gasteiger partial charge on any atom is -0.396 e. The van der Waals surface area contributed by atoms with Gasteiger partial charge in [0.15, 0.2) is 0 Å². The Balaban J connectivity index is 2.15. The predicted octanol–water partition coefficient (Wildman–Crippen LogP) is 2.20. The molecule has 0 aromatic rings. The summed E-state index contributed by atoms with van der Waals surface area (Å²) in [7, 11) is 0. The Labute approximate surface area is 63.4 Å². The quantitative estimate of drug-likeness (QED) is 0.640. The van der Waals surface area contributed by atoms with E-state index in [1.165, 1.54) is 32.1 Å². The van der Waals surface area contributed by atoms with Crippen molar-refractivity contribution in [1.29, 1.82) is 0 Å². The van der Waals surface area contributed by atoms with Crippen molar-refractivity contribution in [2.75, 3.05) is 6.61 Å². The van der Waals surface area contributed by atoms with Crippen LogP contribution >= 0.6 is 0 Å². The van der Waals surface area contributed by atoms with Crippen LogP contribution in [0.4, 0.5) is 0 Å². The van der Waals surface area contributed by atoms with Crippen molar-refractivity contribution in [2.24, 2.45) is 11.8 Å². The van der Waals surface area contributed by atoms with E-state index in [0.717, 1.165) is 5.92 Å². The predicted molar refractivity (Wildman–Crippen MR) is 42.8 cm³/mol. The van der Waals surface area contributed by atoms with Crippen molar-refractivity contribution < 1.29 is 5.11 Å². The summed E-state index contributed by atoms with van der Waals surface area (Å²) in [6, 6.07) is 0. The van der Waals surface area contributed by atoms with Crippen molar-refractivity contribution in [3.63, 3.8) is 0 Å². The summed E-state index contributed by atoms with van der Waals surface area (Å²) >= 11 is 0. The Hall–Kier alpha value is -0.0400. The molecule has 1 rings (SSSR count). The molecule has 10 heavy (non-hydrogen) atoms. The summed E-state index contributed by atoms with van der Waals surface area (Å²) in [5.41, 5.74) is 0. The zero-order valence-electron chi connectivity index (χ0n) is 6.84. The first-order valence-electron chi connectivity index (χ1n) is 4.47. The fraction of sp³-hybridized carbons (Fsp3) is 1.00. The van der Waals surface area contributed by atoms with Gasteiger partial charge in [0.1, 0.15) is 0 Å². The average Bonchev–Trinajstić information content (AvgIpc) is 2.37. The molecular weight excluding hydrogens is 124 g/mol. The Morgan fingerprint density at radius 1 is 1.30 bits per heavy atom. The molecule has 60 valence electrons. The second-order valence-corrected chi connectivity index (χ2v) is 3.52. The maximum absolute atomic E-state index is 8.85. The molecule has 1 nitrogen and oxygen atoms in total. The number of rotatable bonds is 3. The van der Waals surface area contributed by atoms with Crippen LogP contribution in [0, 0.1) is 11.8 Å². The summed E-state index contributed by atoms with van der Waals surface area (Å²) in [6.45, 7) is 2.66. The molecule has 0 aliphatic heterocycles. The molecule has 1 fully saturated rings. The molecule has 1 aliphatic carbocycles. The van der Waals surface area contributed by atoms with Crippen LogP contribution < -0.4 is 0 Å². The summed E-state index contributed by atoms with van der Waals surface area (Å²) in [4.78, 5) is 0. The van der Waals surface area contributed by atoms with E-state index >= 15 is 0 Å². The monoisotopic (exact) mass is 142 g/mol. The van der Waals surface area contributed by atoms with Gasteiger partial charge in [-0.15, -0.1) is 0 Å². The molecule has 0 amide bonds. The molecule has 0 spiro atoms. The van der Waals surface area contributed by atoms with E-state index < -0.39 is 0 Å². The van der Waals surface area contributed by atoms with E-state index in [9.17, 15) is 0 Å². The first kappa shape index (κ1) is 8.06. The highest BCUT2D eigenvalue weighted by Gasteiger charge is 2.22. The van der Waals surface area contributed by atoms with E-state index in [1.807, 2.05) is 0 Å². The van der Waals surface area contributed by atoms with E-state index in [1.54, 1.807) is 0 Å². The van der Waals surface area contributed by atoms with E-state index in [0.29, 0.717) is 12.5 Å². The van der Waals surface area contributed by atoms with Gasteiger partial charge in [0.05, 0.1) is 0 Å². The minimum atomic E-state index is 0.417. The molecule has 0 heterocycles. The molecule has 0 aromatic carbocycles. The zero-order chi connectivity index (χ0) is 7.40. The third kappa shape index (κ3) is 1.98. The first-order chi connectivity index (χ1) is 4.86. The van der Waals surface area contributed by atoms with Crippen LogP contribution in [0.1, 0.15) is 39.0 Å². The van der Waals surface area contributed by atoms with Gasteiger partial charge < -0.3 is 5.11 Å². The van der Waals surface area contributed by atoms with Crippen LogP contribution in [-0.2, 0) is 0 Å². The number of aliphatic hydroxyl groups excluding tert-OH is 1. The van der Waals surface area contributed by atoms with Gasteiger partial charge in [-0.25, -0.2) is 0 Å². The van der Waals surface area contributed by atoms with Crippen LogP contribution in [0.25, 0.3) is 0 Å². The van der Waals surface area contributed by atoms with Gasteiger partial charge in [0, 0.05) is 6.61 Å². The maximum atomic E-state index is 8.85. The molecule has 1 N–H and O–H groups in total. The fourth-order valence-electron chi connectivity index (χ4n) is 2.01. The zero-order valence-corrected chi connectivity index (χ0v) is 6.84. The highest BCUT2D eigenvalue weighted by atomic mass is 16.3. The van der Waals surface area contributed by atoms with E-state index in [-0.39, 0.29) is 0 Å². The second kappa shape index (κ2) is 3.97. The summed E-state index contributed by atoms with van der Waals surface area (Å²) in [5.74, 6) is 1.57. The molecular formula is C9H18O. The lowest BCUT2D eigenvalue weighted by molar-refractivity contribution is 0.225. The maximum Gasteiger partial charge on any atom is 0.0459 e. The van der Waals surface area contributed by atoms with Gasteiger partial charge >= 0.3 is 0 Å². The van der Waals surface area contributed by atoms with Crippen LogP contribution in [0.2, 0.25) is 0 Å². The third-order valence-corrected chi connectivity index (χ3v) is 2.60. The normalized spacial score (nSPS) is 33.0. The Bertz CT molecular complexity index is 90.7. The van der Waals surface area contributed by atoms with Crippen LogP contribution in [-0.4, -0.2) is 11.7 Å². The smallest absolute Gasteiger partial charge is 0.0459 e. The molecule has 0 saturated heterocycles. The number of hydrogen-bond acceptors (Lipinski definition) is 1. The summed E-state index contributed by atoms with van der Waals surface area (Å²) in [5, 5.41) is 8.85. The topological polar surface area (TPSA) is 20.2 Å².